The average Bonchev–Trinajstić information content (AvgIpc) is 2.11. The summed E-state index contributed by atoms with van der Waals surface area (Å²) >= 11 is 11.2. The number of ether oxygens (including phenoxy) is 1. The van der Waals surface area contributed by atoms with Crippen LogP contribution in [-0.2, 0) is 4.74 Å². The van der Waals surface area contributed by atoms with Gasteiger partial charge in [-0.2, -0.15) is 0 Å². The normalized spacial score (nSPS) is 22.9. The first-order valence-corrected chi connectivity index (χ1v) is 7.28. The van der Waals surface area contributed by atoms with Crippen molar-refractivity contribution in [3.05, 3.63) is 12.3 Å². The van der Waals surface area contributed by atoms with Gasteiger partial charge in [0.2, 0.25) is 5.02 Å². The Labute approximate surface area is 129 Å². The van der Waals surface area contributed by atoms with E-state index in [0.29, 0.717) is 11.7 Å². The Morgan fingerprint density at radius 2 is 1.68 bits per heavy atom. The van der Waals surface area contributed by atoms with Gasteiger partial charge in [-0.3, -0.25) is 4.90 Å². The van der Waals surface area contributed by atoms with Crippen molar-refractivity contribution in [1.82, 2.24) is 4.90 Å². The van der Waals surface area contributed by atoms with E-state index >= 15 is 0 Å². The van der Waals surface area contributed by atoms with Crippen molar-refractivity contribution in [2.75, 3.05) is 7.05 Å². The summed E-state index contributed by atoms with van der Waals surface area (Å²) in [6.45, 7) is 13.1. The first-order chi connectivity index (χ1) is 8.04. The minimum Gasteiger partial charge on any atom is -0.466 e. The van der Waals surface area contributed by atoms with Crippen molar-refractivity contribution < 1.29 is 4.74 Å². The molecule has 0 N–H and O–H groups in total. The Hall–Kier alpha value is 0.0800. The second-order valence-electron chi connectivity index (χ2n) is 6.58. The van der Waals surface area contributed by atoms with Gasteiger partial charge in [-0.05, 0) is 53.5 Å². The van der Waals surface area contributed by atoms with Crippen molar-refractivity contribution in [2.45, 2.75) is 70.5 Å². The van der Waals surface area contributed by atoms with Crippen molar-refractivity contribution in [1.29, 1.82) is 0 Å². The summed E-state index contributed by atoms with van der Waals surface area (Å²) in [4.78, 5) is 2.46. The number of hydrogen-bond donors (Lipinski definition) is 0. The van der Waals surface area contributed by atoms with E-state index < -0.39 is 5.02 Å². The van der Waals surface area contributed by atoms with Crippen molar-refractivity contribution in [2.24, 2.45) is 5.92 Å². The van der Waals surface area contributed by atoms with Gasteiger partial charge < -0.3 is 4.74 Å². The Morgan fingerprint density at radius 1 is 1.26 bits per heavy atom. The highest BCUT2D eigenvalue weighted by Gasteiger charge is 2.42. The molecule has 1 aliphatic heterocycles. The van der Waals surface area contributed by atoms with Crippen LogP contribution >= 0.6 is 23.2 Å². The molecule has 1 rings (SSSR count). The summed E-state index contributed by atoms with van der Waals surface area (Å²) in [6, 6.07) is 0. The van der Waals surface area contributed by atoms with Crippen LogP contribution in [0.4, 0.5) is 0 Å². The Bertz CT molecular complexity index is 295. The van der Waals surface area contributed by atoms with Crippen molar-refractivity contribution >= 4 is 23.2 Å². The molecule has 0 aromatic rings. The summed E-state index contributed by atoms with van der Waals surface area (Å²) in [6.07, 6.45) is 3.09. The highest BCUT2D eigenvalue weighted by atomic mass is 35.5. The molecule has 1 fully saturated rings. The summed E-state index contributed by atoms with van der Waals surface area (Å²) in [5.74, 6) is 1.25. The van der Waals surface area contributed by atoms with Gasteiger partial charge in [-0.15, -0.1) is 0 Å². The molecular formula is C15H29Cl2NO. The van der Waals surface area contributed by atoms with Gasteiger partial charge in [0.25, 0.3) is 0 Å². The van der Waals surface area contributed by atoms with E-state index in [1.54, 1.807) is 0 Å². The Kier molecular flexibility index (Phi) is 6.72. The number of rotatable bonds is 4. The van der Waals surface area contributed by atoms with Gasteiger partial charge in [0.15, 0.2) is 0 Å². The third-order valence-corrected chi connectivity index (χ3v) is 4.34. The average molecular weight is 310 g/mol. The third-order valence-electron chi connectivity index (χ3n) is 4.16. The lowest BCUT2D eigenvalue weighted by atomic mass is 9.73. The minimum atomic E-state index is -0.815. The molecule has 0 radical (unpaired) electrons. The molecule has 0 atom stereocenters. The highest BCUT2D eigenvalue weighted by molar-refractivity contribution is 6.43. The van der Waals surface area contributed by atoms with Gasteiger partial charge in [0, 0.05) is 17.5 Å². The van der Waals surface area contributed by atoms with Crippen LogP contribution in [0, 0.1) is 5.92 Å². The van der Waals surface area contributed by atoms with Crippen LogP contribution in [0.2, 0.25) is 0 Å². The largest absolute Gasteiger partial charge is 0.466 e. The predicted molar refractivity (Wildman–Crippen MR) is 85.7 cm³/mol. The molecule has 1 saturated heterocycles. The number of piperidine rings is 1. The molecule has 0 unspecified atom stereocenters. The van der Waals surface area contributed by atoms with Gasteiger partial charge in [0.05, 0.1) is 5.76 Å². The fraction of sp³-hybridized carbons (Fsp3) is 0.867. The Balaban J connectivity index is 0.00000324. The first kappa shape index (κ1) is 19.1. The third kappa shape index (κ3) is 5.17. The fourth-order valence-electron chi connectivity index (χ4n) is 3.22. The quantitative estimate of drug-likeness (QED) is 0.522. The van der Waals surface area contributed by atoms with E-state index in [2.05, 4.69) is 46.2 Å². The van der Waals surface area contributed by atoms with E-state index in [1.807, 2.05) is 0 Å². The van der Waals surface area contributed by atoms with Crippen molar-refractivity contribution in [3.63, 3.8) is 0 Å². The SMILES string of the molecule is C.C=C(CC1CC(C)(C)N(C)C(C)(C)C1)OC(Cl)Cl. The standard InChI is InChI=1S/C14H25Cl2NO.CH4/c1-10(18-12(15)16)7-11-8-13(2,3)17(6)14(4,5)9-11;/h11-12H,1,7-9H2,2-6H3;1H4. The first-order valence-electron chi connectivity index (χ1n) is 6.41. The summed E-state index contributed by atoms with van der Waals surface area (Å²) < 4.78 is 5.24. The van der Waals surface area contributed by atoms with Crippen LogP contribution in [-0.4, -0.2) is 28.0 Å². The molecule has 0 aliphatic carbocycles. The predicted octanol–water partition coefficient (Wildman–Crippen LogP) is 5.20. The van der Waals surface area contributed by atoms with Crippen LogP contribution in [0.15, 0.2) is 12.3 Å². The van der Waals surface area contributed by atoms with E-state index in [1.165, 1.54) is 0 Å². The van der Waals surface area contributed by atoms with Gasteiger partial charge in [-0.25, -0.2) is 0 Å². The molecule has 2 nitrogen and oxygen atoms in total. The maximum Gasteiger partial charge on any atom is 0.247 e. The van der Waals surface area contributed by atoms with E-state index in [9.17, 15) is 0 Å². The number of alkyl halides is 2. The van der Waals surface area contributed by atoms with Crippen LogP contribution < -0.4 is 0 Å². The van der Waals surface area contributed by atoms with Gasteiger partial charge >= 0.3 is 0 Å². The smallest absolute Gasteiger partial charge is 0.247 e. The molecule has 0 aromatic carbocycles. The molecule has 1 aliphatic rings. The zero-order chi connectivity index (χ0) is 14.1. The second kappa shape index (κ2) is 6.69. The molecule has 4 heteroatoms. The number of halogens is 2. The van der Waals surface area contributed by atoms with E-state index in [0.717, 1.165) is 19.3 Å². The zero-order valence-corrected chi connectivity index (χ0v) is 13.6. The molecule has 0 amide bonds. The topological polar surface area (TPSA) is 12.5 Å². The minimum absolute atomic E-state index is 0. The van der Waals surface area contributed by atoms with Gasteiger partial charge in [-0.1, -0.05) is 37.2 Å². The lowest BCUT2D eigenvalue weighted by Gasteiger charge is -2.53. The van der Waals surface area contributed by atoms with Crippen LogP contribution in [0.3, 0.4) is 0 Å². The molecule has 19 heavy (non-hydrogen) atoms. The molecule has 0 aromatic heterocycles. The Morgan fingerprint density at radius 3 is 2.05 bits per heavy atom. The van der Waals surface area contributed by atoms with Crippen LogP contribution in [0.1, 0.15) is 54.4 Å². The second-order valence-corrected chi connectivity index (χ2v) is 7.60. The number of hydrogen-bond acceptors (Lipinski definition) is 2. The maximum atomic E-state index is 5.60. The summed E-state index contributed by atoms with van der Waals surface area (Å²) in [7, 11) is 2.20. The molecule has 114 valence electrons. The van der Waals surface area contributed by atoms with E-state index in [-0.39, 0.29) is 18.5 Å². The van der Waals surface area contributed by atoms with Crippen LogP contribution in [0.5, 0.6) is 0 Å². The highest BCUT2D eigenvalue weighted by Crippen LogP contribution is 2.42. The van der Waals surface area contributed by atoms with E-state index in [4.69, 9.17) is 27.9 Å². The lowest BCUT2D eigenvalue weighted by molar-refractivity contribution is -0.0323. The number of nitrogens with zero attached hydrogens (tertiary/aromatic N) is 1. The molecule has 0 bridgehead atoms. The van der Waals surface area contributed by atoms with Crippen molar-refractivity contribution in [3.8, 4) is 0 Å². The lowest BCUT2D eigenvalue weighted by Crippen LogP contribution is -2.58. The fourth-order valence-corrected chi connectivity index (χ4v) is 3.47. The molecule has 0 spiro atoms. The number of likely N-dealkylation sites (tertiary alicyclic amines) is 1. The monoisotopic (exact) mass is 309 g/mol. The van der Waals surface area contributed by atoms with Gasteiger partial charge in [0.1, 0.15) is 0 Å². The van der Waals surface area contributed by atoms with Crippen LogP contribution in [0.25, 0.3) is 0 Å². The number of allylic oxidation sites excluding steroid dienone is 1. The zero-order valence-electron chi connectivity index (χ0n) is 12.1. The molecular weight excluding hydrogens is 281 g/mol. The maximum absolute atomic E-state index is 5.60. The molecule has 1 heterocycles. The molecule has 0 saturated carbocycles. The summed E-state index contributed by atoms with van der Waals surface area (Å²) in [5, 5.41) is -0.815. The summed E-state index contributed by atoms with van der Waals surface area (Å²) in [5.41, 5.74) is 0.377.